The van der Waals surface area contributed by atoms with Crippen molar-refractivity contribution in [1.82, 2.24) is 9.97 Å². The standard InChI is InChI=1S/C25H30N4O4/c1-16(2)33-19-7-5-6-18(12-19)28-25(30)17-8-10-29(11-9-17)24-20-13-22(31-3)23(32-4)14-21(20)26-15-27-24/h5-7,12-17H,8-11H2,1-4H3,(H,28,30). The normalized spacial score (nSPS) is 14.4. The minimum absolute atomic E-state index is 0.0373. The highest BCUT2D eigenvalue weighted by atomic mass is 16.5. The third-order valence-electron chi connectivity index (χ3n) is 5.76. The van der Waals surface area contributed by atoms with Crippen LogP contribution >= 0.6 is 0 Å². The van der Waals surface area contributed by atoms with E-state index in [1.165, 1.54) is 0 Å². The van der Waals surface area contributed by atoms with Gasteiger partial charge in [-0.3, -0.25) is 4.79 Å². The second kappa shape index (κ2) is 9.94. The third kappa shape index (κ3) is 5.10. The van der Waals surface area contributed by atoms with Crippen molar-refractivity contribution in [2.24, 2.45) is 5.92 Å². The molecule has 1 aliphatic rings. The fourth-order valence-electron chi connectivity index (χ4n) is 4.14. The summed E-state index contributed by atoms with van der Waals surface area (Å²) >= 11 is 0. The van der Waals surface area contributed by atoms with Crippen molar-refractivity contribution >= 4 is 28.3 Å². The average molecular weight is 451 g/mol. The summed E-state index contributed by atoms with van der Waals surface area (Å²) in [5.74, 6) is 2.85. The summed E-state index contributed by atoms with van der Waals surface area (Å²) in [4.78, 5) is 24.0. The summed E-state index contributed by atoms with van der Waals surface area (Å²) < 4.78 is 16.6. The van der Waals surface area contributed by atoms with Crippen LogP contribution in [0.2, 0.25) is 0 Å². The largest absolute Gasteiger partial charge is 0.493 e. The number of amides is 1. The zero-order valence-electron chi connectivity index (χ0n) is 19.5. The predicted molar refractivity (Wildman–Crippen MR) is 128 cm³/mol. The maximum Gasteiger partial charge on any atom is 0.227 e. The molecule has 8 nitrogen and oxygen atoms in total. The Balaban J connectivity index is 1.44. The van der Waals surface area contributed by atoms with Crippen molar-refractivity contribution in [3.8, 4) is 17.2 Å². The van der Waals surface area contributed by atoms with Gasteiger partial charge in [-0.25, -0.2) is 9.97 Å². The Morgan fingerprint density at radius 1 is 1.06 bits per heavy atom. The van der Waals surface area contributed by atoms with Gasteiger partial charge in [-0.2, -0.15) is 0 Å². The van der Waals surface area contributed by atoms with Gasteiger partial charge < -0.3 is 24.4 Å². The first-order valence-electron chi connectivity index (χ1n) is 11.2. The van der Waals surface area contributed by atoms with Crippen LogP contribution in [0, 0.1) is 5.92 Å². The molecule has 1 aliphatic heterocycles. The zero-order valence-corrected chi connectivity index (χ0v) is 19.5. The van der Waals surface area contributed by atoms with E-state index in [2.05, 4.69) is 20.2 Å². The fraction of sp³-hybridized carbons (Fsp3) is 0.400. The first kappa shape index (κ1) is 22.6. The fourth-order valence-corrected chi connectivity index (χ4v) is 4.14. The summed E-state index contributed by atoms with van der Waals surface area (Å²) in [6.07, 6.45) is 3.13. The van der Waals surface area contributed by atoms with E-state index < -0.39 is 0 Å². The lowest BCUT2D eigenvalue weighted by Crippen LogP contribution is -2.38. The smallest absolute Gasteiger partial charge is 0.227 e. The highest BCUT2D eigenvalue weighted by molar-refractivity contribution is 5.94. The molecule has 0 aliphatic carbocycles. The number of fused-ring (bicyclic) bond motifs is 1. The summed E-state index contributed by atoms with van der Waals surface area (Å²) in [6.45, 7) is 5.42. The molecule has 8 heteroatoms. The highest BCUT2D eigenvalue weighted by Gasteiger charge is 2.27. The van der Waals surface area contributed by atoms with E-state index in [4.69, 9.17) is 14.2 Å². The monoisotopic (exact) mass is 450 g/mol. The maximum atomic E-state index is 12.9. The minimum Gasteiger partial charge on any atom is -0.493 e. The summed E-state index contributed by atoms with van der Waals surface area (Å²) in [7, 11) is 3.22. The lowest BCUT2D eigenvalue weighted by atomic mass is 9.95. The number of benzene rings is 2. The summed E-state index contributed by atoms with van der Waals surface area (Å²) in [6, 6.07) is 11.3. The number of aromatic nitrogens is 2. The second-order valence-corrected chi connectivity index (χ2v) is 8.37. The van der Waals surface area contributed by atoms with Crippen LogP contribution in [0.3, 0.4) is 0 Å². The van der Waals surface area contributed by atoms with Crippen LogP contribution in [-0.4, -0.2) is 49.3 Å². The topological polar surface area (TPSA) is 85.8 Å². The van der Waals surface area contributed by atoms with E-state index in [0.717, 1.165) is 54.1 Å². The number of nitrogens with one attached hydrogen (secondary N) is 1. The molecule has 0 unspecified atom stereocenters. The van der Waals surface area contributed by atoms with Gasteiger partial charge in [0.15, 0.2) is 11.5 Å². The molecule has 0 radical (unpaired) electrons. The van der Waals surface area contributed by atoms with Crippen molar-refractivity contribution in [3.63, 3.8) is 0 Å². The molecule has 174 valence electrons. The van der Waals surface area contributed by atoms with Gasteiger partial charge in [0.05, 0.1) is 25.8 Å². The van der Waals surface area contributed by atoms with Crippen molar-refractivity contribution in [2.75, 3.05) is 37.5 Å². The van der Waals surface area contributed by atoms with Gasteiger partial charge in [0.2, 0.25) is 5.91 Å². The Bertz CT molecular complexity index is 1130. The number of ether oxygens (including phenoxy) is 3. The van der Waals surface area contributed by atoms with Gasteiger partial charge in [-0.15, -0.1) is 0 Å². The van der Waals surface area contributed by atoms with E-state index in [9.17, 15) is 4.79 Å². The molecule has 4 rings (SSSR count). The molecular weight excluding hydrogens is 420 g/mol. The third-order valence-corrected chi connectivity index (χ3v) is 5.76. The van der Waals surface area contributed by atoms with Gasteiger partial charge in [-0.05, 0) is 44.9 Å². The first-order valence-corrected chi connectivity index (χ1v) is 11.2. The number of hydrogen-bond acceptors (Lipinski definition) is 7. The number of piperidine rings is 1. The molecule has 0 bridgehead atoms. The second-order valence-electron chi connectivity index (χ2n) is 8.37. The number of carbonyl (C=O) groups is 1. The van der Waals surface area contributed by atoms with Crippen LogP contribution in [-0.2, 0) is 4.79 Å². The lowest BCUT2D eigenvalue weighted by Gasteiger charge is -2.32. The Labute approximate surface area is 193 Å². The molecule has 0 saturated carbocycles. The van der Waals surface area contributed by atoms with Gasteiger partial charge in [0.1, 0.15) is 17.9 Å². The van der Waals surface area contributed by atoms with Gasteiger partial charge in [0, 0.05) is 42.2 Å². The lowest BCUT2D eigenvalue weighted by molar-refractivity contribution is -0.120. The molecule has 1 aromatic heterocycles. The molecule has 1 fully saturated rings. The molecule has 0 atom stereocenters. The number of anilines is 2. The molecule has 0 spiro atoms. The minimum atomic E-state index is -0.0568. The van der Waals surface area contributed by atoms with E-state index in [1.807, 2.05) is 50.2 Å². The molecule has 1 amide bonds. The van der Waals surface area contributed by atoms with Gasteiger partial charge >= 0.3 is 0 Å². The van der Waals surface area contributed by atoms with Crippen LogP contribution < -0.4 is 24.4 Å². The van der Waals surface area contributed by atoms with Crippen molar-refractivity contribution in [3.05, 3.63) is 42.7 Å². The van der Waals surface area contributed by atoms with Gasteiger partial charge in [0.25, 0.3) is 0 Å². The molecule has 2 aromatic carbocycles. The van der Waals surface area contributed by atoms with Crippen molar-refractivity contribution < 1.29 is 19.0 Å². The zero-order chi connectivity index (χ0) is 23.4. The van der Waals surface area contributed by atoms with E-state index in [1.54, 1.807) is 20.5 Å². The van der Waals surface area contributed by atoms with Crippen molar-refractivity contribution in [2.45, 2.75) is 32.8 Å². The molecular formula is C25H30N4O4. The van der Waals surface area contributed by atoms with Crippen LogP contribution in [0.15, 0.2) is 42.7 Å². The molecule has 3 aromatic rings. The predicted octanol–water partition coefficient (Wildman–Crippen LogP) is 4.29. The Kier molecular flexibility index (Phi) is 6.82. The number of carbonyl (C=O) groups excluding carboxylic acids is 1. The molecule has 1 N–H and O–H groups in total. The maximum absolute atomic E-state index is 12.9. The SMILES string of the molecule is COc1cc2ncnc(N3CCC(C(=O)Nc4cccc(OC(C)C)c4)CC3)c2cc1OC. The van der Waals surface area contributed by atoms with Crippen LogP contribution in [0.5, 0.6) is 17.2 Å². The quantitative estimate of drug-likeness (QED) is 0.575. The number of nitrogens with zero attached hydrogens (tertiary/aromatic N) is 3. The Morgan fingerprint density at radius 2 is 1.79 bits per heavy atom. The summed E-state index contributed by atoms with van der Waals surface area (Å²) in [5.41, 5.74) is 1.55. The summed E-state index contributed by atoms with van der Waals surface area (Å²) in [5, 5.41) is 3.95. The highest BCUT2D eigenvalue weighted by Crippen LogP contribution is 2.35. The molecule has 2 heterocycles. The van der Waals surface area contributed by atoms with E-state index in [-0.39, 0.29) is 17.9 Å². The molecule has 33 heavy (non-hydrogen) atoms. The number of methoxy groups -OCH3 is 2. The molecule has 1 saturated heterocycles. The van der Waals surface area contributed by atoms with Gasteiger partial charge in [-0.1, -0.05) is 6.07 Å². The van der Waals surface area contributed by atoms with E-state index in [0.29, 0.717) is 11.5 Å². The van der Waals surface area contributed by atoms with Crippen LogP contribution in [0.4, 0.5) is 11.5 Å². The van der Waals surface area contributed by atoms with E-state index >= 15 is 0 Å². The number of rotatable bonds is 7. The van der Waals surface area contributed by atoms with Crippen LogP contribution in [0.1, 0.15) is 26.7 Å². The number of hydrogen-bond donors (Lipinski definition) is 1. The van der Waals surface area contributed by atoms with Crippen molar-refractivity contribution in [1.29, 1.82) is 0 Å². The van der Waals surface area contributed by atoms with Crippen LogP contribution in [0.25, 0.3) is 10.9 Å². The Morgan fingerprint density at radius 3 is 2.48 bits per heavy atom. The Hall–Kier alpha value is -3.55. The average Bonchev–Trinajstić information content (AvgIpc) is 2.82. The first-order chi connectivity index (χ1) is 16.0.